The van der Waals surface area contributed by atoms with Crippen molar-refractivity contribution in [3.05, 3.63) is 29.8 Å². The number of phenolic OH excluding ortho intramolecular Hbond substituents is 1. The summed E-state index contributed by atoms with van der Waals surface area (Å²) in [5.74, 6) is -8.21. The van der Waals surface area contributed by atoms with E-state index in [2.05, 4.69) is 0 Å². The Morgan fingerprint density at radius 2 is 1.65 bits per heavy atom. The fourth-order valence-corrected chi connectivity index (χ4v) is 1.10. The number of benzene rings is 1. The van der Waals surface area contributed by atoms with Crippen molar-refractivity contribution < 1.29 is 31.9 Å². The van der Waals surface area contributed by atoms with E-state index in [0.717, 1.165) is 12.1 Å². The molecule has 2 nitrogen and oxygen atoms in total. The third-order valence-corrected chi connectivity index (χ3v) is 2.05. The standard InChI is InChI=1S/C10H7F5O2/c11-9(12,10(13,14)15)8(17)5-6-3-1-2-4-7(6)16/h1-4,16H,5H2. The smallest absolute Gasteiger partial charge is 0.461 e. The minimum Gasteiger partial charge on any atom is -0.508 e. The zero-order valence-corrected chi connectivity index (χ0v) is 8.26. The molecule has 1 aromatic rings. The first-order chi connectivity index (χ1) is 7.66. The van der Waals surface area contributed by atoms with E-state index in [1.165, 1.54) is 12.1 Å². The summed E-state index contributed by atoms with van der Waals surface area (Å²) in [7, 11) is 0. The summed E-state index contributed by atoms with van der Waals surface area (Å²) in [5, 5.41) is 9.15. The van der Waals surface area contributed by atoms with E-state index in [0.29, 0.717) is 0 Å². The summed E-state index contributed by atoms with van der Waals surface area (Å²) in [5.41, 5.74) is -0.276. The van der Waals surface area contributed by atoms with E-state index in [-0.39, 0.29) is 5.56 Å². The number of Topliss-reactive ketones (excluding diaryl/α,β-unsaturated/α-hetero) is 1. The van der Waals surface area contributed by atoms with E-state index >= 15 is 0 Å². The maximum atomic E-state index is 12.6. The summed E-state index contributed by atoms with van der Waals surface area (Å²) in [6.07, 6.45) is -7.10. The Hall–Kier alpha value is -1.66. The first-order valence-corrected chi connectivity index (χ1v) is 4.41. The number of hydrogen-bond acceptors (Lipinski definition) is 2. The Bertz CT molecular complexity index is 425. The quantitative estimate of drug-likeness (QED) is 0.842. The van der Waals surface area contributed by atoms with Gasteiger partial charge in [0.05, 0.1) is 0 Å². The van der Waals surface area contributed by atoms with Gasteiger partial charge in [0, 0.05) is 12.0 Å². The van der Waals surface area contributed by atoms with Crippen molar-refractivity contribution in [2.24, 2.45) is 0 Å². The van der Waals surface area contributed by atoms with Crippen LogP contribution in [0.25, 0.3) is 0 Å². The van der Waals surface area contributed by atoms with Gasteiger partial charge in [-0.15, -0.1) is 0 Å². The Morgan fingerprint density at radius 3 is 2.12 bits per heavy atom. The van der Waals surface area contributed by atoms with Gasteiger partial charge in [0.25, 0.3) is 0 Å². The first-order valence-electron chi connectivity index (χ1n) is 4.41. The third-order valence-electron chi connectivity index (χ3n) is 2.05. The second-order valence-electron chi connectivity index (χ2n) is 3.30. The molecule has 1 aromatic carbocycles. The lowest BCUT2D eigenvalue weighted by Crippen LogP contribution is -2.44. The van der Waals surface area contributed by atoms with Crippen molar-refractivity contribution in [2.45, 2.75) is 18.5 Å². The monoisotopic (exact) mass is 254 g/mol. The van der Waals surface area contributed by atoms with Gasteiger partial charge in [0.15, 0.2) is 0 Å². The SMILES string of the molecule is O=C(Cc1ccccc1O)C(F)(F)C(F)(F)F. The van der Waals surface area contributed by atoms with Crippen molar-refractivity contribution in [2.75, 3.05) is 0 Å². The average Bonchev–Trinajstić information content (AvgIpc) is 2.19. The molecular formula is C10H7F5O2. The van der Waals surface area contributed by atoms with Gasteiger partial charge >= 0.3 is 12.1 Å². The molecule has 0 amide bonds. The van der Waals surface area contributed by atoms with Crippen LogP contribution in [-0.2, 0) is 11.2 Å². The zero-order chi connectivity index (χ0) is 13.3. The van der Waals surface area contributed by atoms with Crippen LogP contribution in [0.5, 0.6) is 5.75 Å². The average molecular weight is 254 g/mol. The van der Waals surface area contributed by atoms with Gasteiger partial charge in [-0.1, -0.05) is 18.2 Å². The van der Waals surface area contributed by atoms with Gasteiger partial charge in [-0.2, -0.15) is 22.0 Å². The molecular weight excluding hydrogens is 247 g/mol. The molecule has 0 aliphatic heterocycles. The lowest BCUT2D eigenvalue weighted by Gasteiger charge is -2.18. The number of carbonyl (C=O) groups is 1. The number of para-hydroxylation sites is 1. The molecule has 17 heavy (non-hydrogen) atoms. The van der Waals surface area contributed by atoms with Crippen molar-refractivity contribution in [1.29, 1.82) is 0 Å². The fourth-order valence-electron chi connectivity index (χ4n) is 1.10. The maximum absolute atomic E-state index is 12.6. The number of ketones is 1. The number of rotatable bonds is 3. The summed E-state index contributed by atoms with van der Waals surface area (Å²) < 4.78 is 60.7. The lowest BCUT2D eigenvalue weighted by molar-refractivity contribution is -0.268. The van der Waals surface area contributed by atoms with Gasteiger partial charge in [-0.05, 0) is 6.07 Å². The zero-order valence-electron chi connectivity index (χ0n) is 8.26. The van der Waals surface area contributed by atoms with Crippen LogP contribution >= 0.6 is 0 Å². The summed E-state index contributed by atoms with van der Waals surface area (Å²) in [6, 6.07) is 4.85. The predicted octanol–water partition coefficient (Wildman–Crippen LogP) is 2.70. The van der Waals surface area contributed by atoms with Crippen LogP contribution in [-0.4, -0.2) is 23.0 Å². The van der Waals surface area contributed by atoms with Crippen molar-refractivity contribution in [3.63, 3.8) is 0 Å². The Kier molecular flexibility index (Phi) is 3.40. The second kappa shape index (κ2) is 4.31. The number of carbonyl (C=O) groups excluding carboxylic acids is 1. The molecule has 0 bridgehead atoms. The van der Waals surface area contributed by atoms with E-state index < -0.39 is 30.1 Å². The van der Waals surface area contributed by atoms with E-state index in [1.807, 2.05) is 0 Å². The Morgan fingerprint density at radius 1 is 1.12 bits per heavy atom. The summed E-state index contributed by atoms with van der Waals surface area (Å²) in [4.78, 5) is 10.9. The lowest BCUT2D eigenvalue weighted by atomic mass is 10.0. The van der Waals surface area contributed by atoms with Gasteiger partial charge in [-0.3, -0.25) is 4.79 Å². The fraction of sp³-hybridized carbons (Fsp3) is 0.300. The predicted molar refractivity (Wildman–Crippen MR) is 47.8 cm³/mol. The van der Waals surface area contributed by atoms with Gasteiger partial charge in [-0.25, -0.2) is 0 Å². The molecule has 1 N–H and O–H groups in total. The summed E-state index contributed by atoms with van der Waals surface area (Å²) in [6.45, 7) is 0. The molecule has 0 aliphatic rings. The van der Waals surface area contributed by atoms with Crippen LogP contribution in [0.4, 0.5) is 22.0 Å². The molecule has 94 valence electrons. The Balaban J connectivity index is 2.91. The molecule has 1 rings (SSSR count). The molecule has 0 atom stereocenters. The van der Waals surface area contributed by atoms with E-state index in [1.54, 1.807) is 0 Å². The molecule has 0 fully saturated rings. The maximum Gasteiger partial charge on any atom is 0.461 e. The van der Waals surface area contributed by atoms with Crippen LogP contribution in [0.15, 0.2) is 24.3 Å². The van der Waals surface area contributed by atoms with Crippen molar-refractivity contribution in [1.82, 2.24) is 0 Å². The first kappa shape index (κ1) is 13.4. The highest BCUT2D eigenvalue weighted by molar-refractivity contribution is 5.88. The normalized spacial score (nSPS) is 12.5. The highest BCUT2D eigenvalue weighted by Crippen LogP contribution is 2.37. The Labute approximate surface area is 92.7 Å². The van der Waals surface area contributed by atoms with Crippen LogP contribution in [0.3, 0.4) is 0 Å². The van der Waals surface area contributed by atoms with Crippen molar-refractivity contribution >= 4 is 5.78 Å². The summed E-state index contributed by atoms with van der Waals surface area (Å²) >= 11 is 0. The second-order valence-corrected chi connectivity index (χ2v) is 3.30. The molecule has 0 unspecified atom stereocenters. The molecule has 0 radical (unpaired) electrons. The topological polar surface area (TPSA) is 37.3 Å². The number of phenols is 1. The number of aromatic hydroxyl groups is 1. The number of alkyl halides is 5. The van der Waals surface area contributed by atoms with E-state index in [4.69, 9.17) is 5.11 Å². The molecule has 7 heteroatoms. The molecule has 0 spiro atoms. The molecule has 0 heterocycles. The highest BCUT2D eigenvalue weighted by atomic mass is 19.4. The minimum absolute atomic E-state index is 0.276. The van der Waals surface area contributed by atoms with Crippen LogP contribution in [0, 0.1) is 0 Å². The third kappa shape index (κ3) is 2.72. The van der Waals surface area contributed by atoms with Gasteiger partial charge < -0.3 is 5.11 Å². The molecule has 0 aliphatic carbocycles. The minimum atomic E-state index is -5.92. The molecule has 0 aromatic heterocycles. The largest absolute Gasteiger partial charge is 0.508 e. The van der Waals surface area contributed by atoms with Crippen LogP contribution in [0.1, 0.15) is 5.56 Å². The molecule has 0 saturated carbocycles. The van der Waals surface area contributed by atoms with Crippen molar-refractivity contribution in [3.8, 4) is 5.75 Å². The van der Waals surface area contributed by atoms with Gasteiger partial charge in [0.2, 0.25) is 5.78 Å². The van der Waals surface area contributed by atoms with Gasteiger partial charge in [0.1, 0.15) is 5.75 Å². The molecule has 0 saturated heterocycles. The van der Waals surface area contributed by atoms with Crippen LogP contribution in [0.2, 0.25) is 0 Å². The van der Waals surface area contributed by atoms with E-state index in [9.17, 15) is 26.7 Å². The highest BCUT2D eigenvalue weighted by Gasteiger charge is 2.62. The number of halogens is 5. The number of hydrogen-bond donors (Lipinski definition) is 1. The van der Waals surface area contributed by atoms with Crippen LogP contribution < -0.4 is 0 Å².